The maximum Gasteiger partial charge on any atom is 0.0719 e. The first-order valence-electron chi connectivity index (χ1n) is 5.50. The van der Waals surface area contributed by atoms with Crippen molar-refractivity contribution in [3.63, 3.8) is 0 Å². The lowest BCUT2D eigenvalue weighted by Gasteiger charge is -2.14. The lowest BCUT2D eigenvalue weighted by Crippen LogP contribution is -2.02. The molecule has 0 fully saturated rings. The topological polar surface area (TPSA) is 27.7 Å². The number of hydrogen-bond acceptors (Lipinski definition) is 3. The first-order valence-corrected chi connectivity index (χ1v) is 5.50. The van der Waals surface area contributed by atoms with Gasteiger partial charge >= 0.3 is 0 Å². The van der Waals surface area contributed by atoms with Crippen LogP contribution in [0.2, 0.25) is 0 Å². The van der Waals surface area contributed by atoms with Crippen molar-refractivity contribution >= 4 is 6.08 Å². The fourth-order valence-corrected chi connectivity index (χ4v) is 1.91. The van der Waals surface area contributed by atoms with Crippen LogP contribution in [0.5, 0.6) is 0 Å². The predicted octanol–water partition coefficient (Wildman–Crippen LogP) is 2.77. The van der Waals surface area contributed by atoms with Crippen molar-refractivity contribution in [1.29, 1.82) is 0 Å². The molecule has 1 aromatic carbocycles. The zero-order valence-corrected chi connectivity index (χ0v) is 10.8. The molecule has 0 saturated carbocycles. The second-order valence-corrected chi connectivity index (χ2v) is 3.83. The summed E-state index contributed by atoms with van der Waals surface area (Å²) in [7, 11) is 5.06. The third kappa shape index (κ3) is 3.66. The van der Waals surface area contributed by atoms with Gasteiger partial charge < -0.3 is 14.2 Å². The second kappa shape index (κ2) is 7.22. The molecule has 0 radical (unpaired) electrons. The average Bonchev–Trinajstić information content (AvgIpc) is 2.30. The Morgan fingerprint density at radius 2 is 1.41 bits per heavy atom. The third-order valence-corrected chi connectivity index (χ3v) is 2.53. The van der Waals surface area contributed by atoms with Crippen molar-refractivity contribution in [3.8, 4) is 0 Å². The second-order valence-electron chi connectivity index (χ2n) is 3.83. The molecule has 3 nitrogen and oxygen atoms in total. The van der Waals surface area contributed by atoms with Crippen LogP contribution in [0.4, 0.5) is 0 Å². The molecule has 94 valence electrons. The minimum absolute atomic E-state index is 0.565. The van der Waals surface area contributed by atoms with E-state index >= 15 is 0 Å². The van der Waals surface area contributed by atoms with Crippen molar-refractivity contribution in [2.75, 3.05) is 21.3 Å². The average molecular weight is 236 g/mol. The van der Waals surface area contributed by atoms with E-state index in [2.05, 4.69) is 18.7 Å². The van der Waals surface area contributed by atoms with E-state index in [1.165, 1.54) is 0 Å². The lowest BCUT2D eigenvalue weighted by atomic mass is 9.98. The Balaban J connectivity index is 3.18. The zero-order chi connectivity index (χ0) is 12.7. The van der Waals surface area contributed by atoms with Crippen molar-refractivity contribution < 1.29 is 14.2 Å². The maximum atomic E-state index is 5.21. The molecule has 1 aromatic rings. The molecule has 0 spiro atoms. The van der Waals surface area contributed by atoms with Crippen LogP contribution in [0.25, 0.3) is 6.08 Å². The molecule has 0 unspecified atom stereocenters. The molecule has 1 rings (SSSR count). The molecular weight excluding hydrogens is 216 g/mol. The van der Waals surface area contributed by atoms with Crippen LogP contribution >= 0.6 is 0 Å². The molecule has 17 heavy (non-hydrogen) atoms. The molecule has 0 aromatic heterocycles. The molecule has 0 N–H and O–H groups in total. The van der Waals surface area contributed by atoms with E-state index in [0.717, 1.165) is 22.3 Å². The van der Waals surface area contributed by atoms with Gasteiger partial charge in [-0.25, -0.2) is 0 Å². The maximum absolute atomic E-state index is 5.21. The van der Waals surface area contributed by atoms with E-state index in [1.54, 1.807) is 21.3 Å². The largest absolute Gasteiger partial charge is 0.380 e. The first-order chi connectivity index (χ1) is 8.26. The fourth-order valence-electron chi connectivity index (χ4n) is 1.91. The van der Waals surface area contributed by atoms with Gasteiger partial charge in [0.05, 0.1) is 19.8 Å². The van der Waals surface area contributed by atoms with Gasteiger partial charge in [-0.15, -0.1) is 0 Å². The Morgan fingerprint density at radius 3 is 1.76 bits per heavy atom. The molecule has 0 amide bonds. The van der Waals surface area contributed by atoms with Gasteiger partial charge in [0.25, 0.3) is 0 Å². The summed E-state index contributed by atoms with van der Waals surface area (Å²) in [5.74, 6) is 0. The molecular formula is C14H20O3. The predicted molar refractivity (Wildman–Crippen MR) is 68.7 cm³/mol. The number of ether oxygens (including phenoxy) is 3. The highest BCUT2D eigenvalue weighted by atomic mass is 16.5. The Kier molecular flexibility index (Phi) is 5.91. The van der Waals surface area contributed by atoms with E-state index in [-0.39, 0.29) is 0 Å². The van der Waals surface area contributed by atoms with E-state index in [9.17, 15) is 0 Å². The molecule has 0 saturated heterocycles. The molecule has 0 bridgehead atoms. The molecule has 0 aliphatic rings. The van der Waals surface area contributed by atoms with Gasteiger partial charge in [-0.1, -0.05) is 24.8 Å². The van der Waals surface area contributed by atoms with Crippen molar-refractivity contribution in [3.05, 3.63) is 41.0 Å². The number of rotatable bonds is 7. The van der Waals surface area contributed by atoms with Crippen molar-refractivity contribution in [2.45, 2.75) is 19.8 Å². The van der Waals surface area contributed by atoms with Gasteiger partial charge in [0.15, 0.2) is 0 Å². The van der Waals surface area contributed by atoms with Gasteiger partial charge in [0.1, 0.15) is 0 Å². The van der Waals surface area contributed by atoms with Crippen LogP contribution < -0.4 is 0 Å². The van der Waals surface area contributed by atoms with Gasteiger partial charge in [0.2, 0.25) is 0 Å². The van der Waals surface area contributed by atoms with Gasteiger partial charge in [-0.2, -0.15) is 0 Å². The quantitative estimate of drug-likeness (QED) is 0.728. The van der Waals surface area contributed by atoms with Crippen molar-refractivity contribution in [1.82, 2.24) is 0 Å². The normalized spacial score (nSPS) is 10.5. The Morgan fingerprint density at radius 1 is 0.941 bits per heavy atom. The van der Waals surface area contributed by atoms with Crippen molar-refractivity contribution in [2.24, 2.45) is 0 Å². The standard InChI is InChI=1S/C14H20O3/c1-5-14-12(9-16-3)6-11(8-15-2)7-13(14)10-17-4/h5-7H,1,8-10H2,2-4H3. The van der Waals surface area contributed by atoms with Crippen LogP contribution in [0.1, 0.15) is 22.3 Å². The minimum atomic E-state index is 0.565. The Hall–Kier alpha value is -1.16. The molecule has 0 atom stereocenters. The van der Waals surface area contributed by atoms with Crippen LogP contribution in [0.3, 0.4) is 0 Å². The van der Waals surface area contributed by atoms with E-state index < -0.39 is 0 Å². The number of hydrogen-bond donors (Lipinski definition) is 0. The van der Waals surface area contributed by atoms with E-state index in [0.29, 0.717) is 19.8 Å². The smallest absolute Gasteiger partial charge is 0.0719 e. The molecule has 0 heterocycles. The lowest BCUT2D eigenvalue weighted by molar-refractivity contribution is 0.175. The highest BCUT2D eigenvalue weighted by Gasteiger charge is 2.08. The van der Waals surface area contributed by atoms with Crippen LogP contribution in [-0.4, -0.2) is 21.3 Å². The summed E-state index contributed by atoms with van der Waals surface area (Å²) in [5.41, 5.74) is 4.44. The van der Waals surface area contributed by atoms with Gasteiger partial charge in [-0.3, -0.25) is 0 Å². The van der Waals surface area contributed by atoms with Crippen LogP contribution in [-0.2, 0) is 34.0 Å². The summed E-state index contributed by atoms with van der Waals surface area (Å²) in [6.07, 6.45) is 1.85. The summed E-state index contributed by atoms with van der Waals surface area (Å²) >= 11 is 0. The summed E-state index contributed by atoms with van der Waals surface area (Å²) in [5, 5.41) is 0. The SMILES string of the molecule is C=Cc1c(COC)cc(COC)cc1COC. The zero-order valence-electron chi connectivity index (χ0n) is 10.8. The fraction of sp³-hybridized carbons (Fsp3) is 0.429. The van der Waals surface area contributed by atoms with Gasteiger partial charge in [0, 0.05) is 21.3 Å². The van der Waals surface area contributed by atoms with Gasteiger partial charge in [-0.05, 0) is 22.3 Å². The summed E-state index contributed by atoms with van der Waals surface area (Å²) in [4.78, 5) is 0. The Bertz CT molecular complexity index is 345. The van der Waals surface area contributed by atoms with E-state index in [4.69, 9.17) is 14.2 Å². The summed E-state index contributed by atoms with van der Waals surface area (Å²) < 4.78 is 15.6. The van der Waals surface area contributed by atoms with Crippen LogP contribution in [0, 0.1) is 0 Å². The highest BCUT2D eigenvalue weighted by Crippen LogP contribution is 2.21. The number of benzene rings is 1. The Labute approximate surface area is 103 Å². The molecule has 0 aliphatic heterocycles. The monoisotopic (exact) mass is 236 g/mol. The minimum Gasteiger partial charge on any atom is -0.380 e. The molecule has 3 heteroatoms. The highest BCUT2D eigenvalue weighted by molar-refractivity contribution is 5.57. The van der Waals surface area contributed by atoms with E-state index in [1.807, 2.05) is 6.08 Å². The summed E-state index contributed by atoms with van der Waals surface area (Å²) in [6, 6.07) is 4.17. The third-order valence-electron chi connectivity index (χ3n) is 2.53. The number of methoxy groups -OCH3 is 3. The van der Waals surface area contributed by atoms with Crippen LogP contribution in [0.15, 0.2) is 18.7 Å². The first kappa shape index (κ1) is 13.9. The summed E-state index contributed by atoms with van der Waals surface area (Å²) in [6.45, 7) is 5.57. The molecule has 0 aliphatic carbocycles.